The molecular weight excluding hydrogens is 513 g/mol. The number of benzene rings is 1. The van der Waals surface area contributed by atoms with E-state index in [0.29, 0.717) is 16.0 Å². The standard InChI is InChI=1S/C27H33Cl2N5OS/c1-18(32-36(35)26(2,3)4)21-8-6-10-27(21)11-14-33(15-12-27)25-31-17-20(24-30-13-16-34(24)25)19-7-5-9-22(28)23(19)29/h5,7,9,13,16-17,21,32H,1,6,8,10-12,14-15H2,2-4H3. The van der Waals surface area contributed by atoms with Crippen molar-refractivity contribution < 1.29 is 4.55 Å². The molecule has 36 heavy (non-hydrogen) atoms. The minimum Gasteiger partial charge on any atom is -0.593 e. The lowest BCUT2D eigenvalue weighted by Gasteiger charge is -2.44. The van der Waals surface area contributed by atoms with Gasteiger partial charge in [-0.2, -0.15) is 0 Å². The van der Waals surface area contributed by atoms with Gasteiger partial charge in [-0.05, 0) is 57.9 Å². The van der Waals surface area contributed by atoms with E-state index in [9.17, 15) is 4.55 Å². The van der Waals surface area contributed by atoms with Gasteiger partial charge in [0.2, 0.25) is 5.95 Å². The van der Waals surface area contributed by atoms with E-state index < -0.39 is 11.4 Å². The van der Waals surface area contributed by atoms with Gasteiger partial charge in [0.25, 0.3) is 0 Å². The van der Waals surface area contributed by atoms with Crippen LogP contribution in [0, 0.1) is 11.3 Å². The van der Waals surface area contributed by atoms with Crippen LogP contribution in [0.1, 0.15) is 52.9 Å². The monoisotopic (exact) mass is 545 g/mol. The van der Waals surface area contributed by atoms with E-state index in [0.717, 1.165) is 60.8 Å². The van der Waals surface area contributed by atoms with Crippen molar-refractivity contribution in [3.8, 4) is 11.1 Å². The summed E-state index contributed by atoms with van der Waals surface area (Å²) in [6, 6.07) is 5.61. The maximum Gasteiger partial charge on any atom is 0.211 e. The third kappa shape index (κ3) is 4.60. The number of rotatable bonds is 5. The molecule has 0 amide bonds. The summed E-state index contributed by atoms with van der Waals surface area (Å²) in [5, 5.41) is 1.02. The Balaban J connectivity index is 1.36. The Morgan fingerprint density at radius 3 is 2.64 bits per heavy atom. The fourth-order valence-electron chi connectivity index (χ4n) is 5.82. The van der Waals surface area contributed by atoms with Crippen molar-refractivity contribution in [1.82, 2.24) is 19.1 Å². The highest BCUT2D eigenvalue weighted by Crippen LogP contribution is 2.53. The molecule has 0 radical (unpaired) electrons. The molecule has 1 saturated carbocycles. The number of anilines is 1. The minimum absolute atomic E-state index is 0.199. The summed E-state index contributed by atoms with van der Waals surface area (Å²) in [6.45, 7) is 12.1. The molecule has 1 aliphatic heterocycles. The van der Waals surface area contributed by atoms with Crippen molar-refractivity contribution in [2.45, 2.75) is 57.6 Å². The Bertz CT molecular complexity index is 1280. The fourth-order valence-corrected chi connectivity index (χ4v) is 6.91. The smallest absolute Gasteiger partial charge is 0.211 e. The Kier molecular flexibility index (Phi) is 6.96. The van der Waals surface area contributed by atoms with Gasteiger partial charge in [-0.15, -0.1) is 0 Å². The number of hydrogen-bond donors (Lipinski definition) is 1. The Hall–Kier alpha value is -1.93. The number of hydrogen-bond acceptors (Lipinski definition) is 5. The SMILES string of the molecule is C=C(N[S+]([O-])C(C)(C)C)C1CCCC12CCN(c1ncc(-c3cccc(Cl)c3Cl)c3nccn13)CC2. The molecule has 2 aromatic heterocycles. The van der Waals surface area contributed by atoms with Gasteiger partial charge in [0.15, 0.2) is 0 Å². The molecule has 2 unspecified atom stereocenters. The molecule has 1 aromatic carbocycles. The van der Waals surface area contributed by atoms with Crippen molar-refractivity contribution in [2.24, 2.45) is 11.3 Å². The third-order valence-electron chi connectivity index (χ3n) is 7.80. The second-order valence-electron chi connectivity index (χ2n) is 11.0. The molecule has 192 valence electrons. The number of nitrogens with one attached hydrogen (secondary N) is 1. The van der Waals surface area contributed by atoms with Crippen LogP contribution < -0.4 is 9.62 Å². The molecule has 0 bridgehead atoms. The van der Waals surface area contributed by atoms with E-state index in [-0.39, 0.29) is 10.2 Å². The molecule has 1 saturated heterocycles. The molecule has 2 atom stereocenters. The van der Waals surface area contributed by atoms with E-state index in [4.69, 9.17) is 28.2 Å². The highest BCUT2D eigenvalue weighted by Gasteiger charge is 2.47. The average molecular weight is 547 g/mol. The van der Waals surface area contributed by atoms with Crippen molar-refractivity contribution in [2.75, 3.05) is 18.0 Å². The summed E-state index contributed by atoms with van der Waals surface area (Å²) in [5.74, 6) is 1.24. The van der Waals surface area contributed by atoms with Crippen LogP contribution in [0.2, 0.25) is 10.0 Å². The van der Waals surface area contributed by atoms with Crippen LogP contribution in [0.25, 0.3) is 16.8 Å². The summed E-state index contributed by atoms with van der Waals surface area (Å²) in [5.41, 5.74) is 3.63. The summed E-state index contributed by atoms with van der Waals surface area (Å²) in [6.07, 6.45) is 11.2. The van der Waals surface area contributed by atoms with Crippen LogP contribution in [0.5, 0.6) is 0 Å². The summed E-state index contributed by atoms with van der Waals surface area (Å²) in [7, 11) is 0. The molecule has 1 aliphatic carbocycles. The van der Waals surface area contributed by atoms with Gasteiger partial charge in [0.1, 0.15) is 10.4 Å². The number of aromatic nitrogens is 3. The lowest BCUT2D eigenvalue weighted by atomic mass is 9.69. The predicted molar refractivity (Wildman–Crippen MR) is 150 cm³/mol. The molecule has 3 heterocycles. The van der Waals surface area contributed by atoms with Crippen molar-refractivity contribution in [3.63, 3.8) is 0 Å². The summed E-state index contributed by atoms with van der Waals surface area (Å²) < 4.78 is 17.7. The number of allylic oxidation sites excluding steroid dienone is 1. The zero-order valence-electron chi connectivity index (χ0n) is 21.1. The van der Waals surface area contributed by atoms with Gasteiger partial charge in [-0.3, -0.25) is 4.40 Å². The van der Waals surface area contributed by atoms with E-state index in [1.165, 1.54) is 12.8 Å². The third-order valence-corrected chi connectivity index (χ3v) is 10.2. The maximum atomic E-state index is 12.7. The van der Waals surface area contributed by atoms with Crippen LogP contribution in [0.4, 0.5) is 5.95 Å². The van der Waals surface area contributed by atoms with Crippen LogP contribution in [0.15, 0.2) is 49.1 Å². The molecule has 9 heteroatoms. The number of nitrogens with zero attached hydrogens (tertiary/aromatic N) is 4. The minimum atomic E-state index is -1.15. The zero-order valence-corrected chi connectivity index (χ0v) is 23.4. The Labute approximate surface area is 226 Å². The first-order valence-electron chi connectivity index (χ1n) is 12.5. The van der Waals surface area contributed by atoms with E-state index in [1.807, 2.05) is 49.7 Å². The molecule has 1 N–H and O–H groups in total. The lowest BCUT2D eigenvalue weighted by molar-refractivity contribution is 0.169. The summed E-state index contributed by atoms with van der Waals surface area (Å²) in [4.78, 5) is 11.8. The highest BCUT2D eigenvalue weighted by molar-refractivity contribution is 7.90. The largest absolute Gasteiger partial charge is 0.593 e. The zero-order chi connectivity index (χ0) is 25.7. The second kappa shape index (κ2) is 9.75. The van der Waals surface area contributed by atoms with Gasteiger partial charge in [-0.1, -0.05) is 48.3 Å². The first-order chi connectivity index (χ1) is 17.1. The van der Waals surface area contributed by atoms with Gasteiger partial charge in [0, 0.05) is 48.7 Å². The van der Waals surface area contributed by atoms with Crippen LogP contribution in [0.3, 0.4) is 0 Å². The lowest BCUT2D eigenvalue weighted by Crippen LogP contribution is -2.46. The number of imidazole rings is 1. The Morgan fingerprint density at radius 2 is 1.92 bits per heavy atom. The van der Waals surface area contributed by atoms with Gasteiger partial charge in [0.05, 0.1) is 27.1 Å². The highest BCUT2D eigenvalue weighted by atomic mass is 35.5. The first kappa shape index (κ1) is 25.7. The molecule has 3 aromatic rings. The van der Waals surface area contributed by atoms with Gasteiger partial charge < -0.3 is 9.45 Å². The van der Waals surface area contributed by atoms with Gasteiger partial charge >= 0.3 is 0 Å². The van der Waals surface area contributed by atoms with E-state index >= 15 is 0 Å². The number of piperidine rings is 1. The molecule has 2 fully saturated rings. The normalized spacial score (nSPS) is 20.7. The maximum absolute atomic E-state index is 12.7. The molecule has 1 spiro atoms. The summed E-state index contributed by atoms with van der Waals surface area (Å²) >= 11 is 11.6. The second-order valence-corrected chi connectivity index (χ2v) is 13.7. The topological polar surface area (TPSA) is 68.5 Å². The number of halogens is 2. The van der Waals surface area contributed by atoms with Crippen LogP contribution >= 0.6 is 23.2 Å². The van der Waals surface area contributed by atoms with Crippen molar-refractivity contribution >= 4 is 46.2 Å². The average Bonchev–Trinajstić information content (AvgIpc) is 3.48. The Morgan fingerprint density at radius 1 is 1.17 bits per heavy atom. The van der Waals surface area contributed by atoms with Crippen molar-refractivity contribution in [3.05, 3.63) is 59.1 Å². The predicted octanol–water partition coefficient (Wildman–Crippen LogP) is 6.66. The fraction of sp³-hybridized carbons (Fsp3) is 0.481. The van der Waals surface area contributed by atoms with E-state index in [1.54, 1.807) is 12.3 Å². The quantitative estimate of drug-likeness (QED) is 0.363. The van der Waals surface area contributed by atoms with Crippen LogP contribution in [-0.2, 0) is 11.4 Å². The first-order valence-corrected chi connectivity index (χ1v) is 14.4. The molecule has 5 rings (SSSR count). The number of fused-ring (bicyclic) bond motifs is 1. The van der Waals surface area contributed by atoms with Crippen LogP contribution in [-0.4, -0.2) is 36.8 Å². The van der Waals surface area contributed by atoms with Crippen molar-refractivity contribution in [1.29, 1.82) is 0 Å². The molecular formula is C27H33Cl2N5OS. The van der Waals surface area contributed by atoms with Gasteiger partial charge in [-0.25, -0.2) is 14.7 Å². The van der Waals surface area contributed by atoms with E-state index in [2.05, 4.69) is 21.2 Å². The molecule has 2 aliphatic rings. The molecule has 6 nitrogen and oxygen atoms in total.